The summed E-state index contributed by atoms with van der Waals surface area (Å²) in [5, 5.41) is 10.5. The van der Waals surface area contributed by atoms with E-state index in [0.29, 0.717) is 11.0 Å². The Labute approximate surface area is 100 Å². The van der Waals surface area contributed by atoms with Crippen molar-refractivity contribution < 1.29 is 5.11 Å². The van der Waals surface area contributed by atoms with Crippen molar-refractivity contribution in [1.29, 1.82) is 0 Å². The number of aromatic nitrogens is 2. The van der Waals surface area contributed by atoms with Gasteiger partial charge in [-0.1, -0.05) is 11.6 Å². The van der Waals surface area contributed by atoms with Crippen molar-refractivity contribution in [3.8, 4) is 0 Å². The largest absolute Gasteiger partial charge is 0.390 e. The van der Waals surface area contributed by atoms with E-state index in [1.165, 1.54) is 0 Å². The molecule has 1 unspecified atom stereocenters. The molecule has 4 nitrogen and oxygen atoms in total. The Morgan fingerprint density at radius 3 is 2.56 bits per heavy atom. The highest BCUT2D eigenvalue weighted by Gasteiger charge is 2.34. The Morgan fingerprint density at radius 1 is 1.44 bits per heavy atom. The zero-order valence-corrected chi connectivity index (χ0v) is 10.3. The average molecular weight is 242 g/mol. The summed E-state index contributed by atoms with van der Waals surface area (Å²) in [5.74, 6) is 0.961. The number of halogens is 1. The molecule has 1 aliphatic heterocycles. The molecule has 0 spiro atoms. The molecule has 1 atom stereocenters. The molecule has 1 aliphatic rings. The second-order valence-electron chi connectivity index (χ2n) is 4.79. The van der Waals surface area contributed by atoms with Crippen molar-refractivity contribution in [3.05, 3.63) is 17.4 Å². The van der Waals surface area contributed by atoms with Gasteiger partial charge in [0.15, 0.2) is 0 Å². The molecule has 0 amide bonds. The van der Waals surface area contributed by atoms with Crippen LogP contribution in [0.15, 0.2) is 12.4 Å². The van der Waals surface area contributed by atoms with Crippen LogP contribution in [0, 0.1) is 5.92 Å². The molecular formula is C11H16ClN3O. The Kier molecular flexibility index (Phi) is 3.04. The third kappa shape index (κ3) is 2.44. The van der Waals surface area contributed by atoms with Gasteiger partial charge in [0.25, 0.3) is 0 Å². The smallest absolute Gasteiger partial charge is 0.225 e. The van der Waals surface area contributed by atoms with Gasteiger partial charge in [-0.3, -0.25) is 0 Å². The number of aliphatic hydroxyl groups is 1. The minimum Gasteiger partial charge on any atom is -0.390 e. The lowest BCUT2D eigenvalue weighted by Crippen LogP contribution is -2.33. The summed E-state index contributed by atoms with van der Waals surface area (Å²) in [5.41, 5.74) is -0.638. The van der Waals surface area contributed by atoms with Gasteiger partial charge in [0, 0.05) is 19.0 Å². The van der Waals surface area contributed by atoms with Gasteiger partial charge in [0.2, 0.25) is 5.95 Å². The van der Waals surface area contributed by atoms with Gasteiger partial charge in [-0.25, -0.2) is 9.97 Å². The van der Waals surface area contributed by atoms with Crippen LogP contribution in [0.1, 0.15) is 20.3 Å². The van der Waals surface area contributed by atoms with Crippen LogP contribution in [0.5, 0.6) is 0 Å². The normalized spacial score (nSPS) is 21.5. The quantitative estimate of drug-likeness (QED) is 0.857. The van der Waals surface area contributed by atoms with Crippen LogP contribution in [0.25, 0.3) is 0 Å². The van der Waals surface area contributed by atoms with E-state index in [1.54, 1.807) is 12.4 Å². The summed E-state index contributed by atoms with van der Waals surface area (Å²) in [4.78, 5) is 10.4. The Hall–Kier alpha value is -0.870. The molecular weight excluding hydrogens is 226 g/mol. The molecule has 88 valence electrons. The van der Waals surface area contributed by atoms with Crippen molar-refractivity contribution in [2.75, 3.05) is 18.0 Å². The molecule has 0 aliphatic carbocycles. The van der Waals surface area contributed by atoms with Crippen LogP contribution in [0.3, 0.4) is 0 Å². The SMILES string of the molecule is CC(C)(O)C1CCN(c2ncc(Cl)cn2)C1. The second-order valence-corrected chi connectivity index (χ2v) is 5.22. The van der Waals surface area contributed by atoms with E-state index in [0.717, 1.165) is 19.5 Å². The molecule has 16 heavy (non-hydrogen) atoms. The van der Waals surface area contributed by atoms with Crippen LogP contribution in [0.4, 0.5) is 5.95 Å². The number of hydrogen-bond acceptors (Lipinski definition) is 4. The Morgan fingerprint density at radius 2 is 2.06 bits per heavy atom. The molecule has 0 aromatic carbocycles. The molecule has 1 fully saturated rings. The Bertz CT molecular complexity index is 360. The Balaban J connectivity index is 2.06. The van der Waals surface area contributed by atoms with E-state index in [4.69, 9.17) is 11.6 Å². The monoisotopic (exact) mass is 241 g/mol. The maximum atomic E-state index is 9.94. The topological polar surface area (TPSA) is 49.2 Å². The summed E-state index contributed by atoms with van der Waals surface area (Å²) < 4.78 is 0. The molecule has 1 saturated heterocycles. The van der Waals surface area contributed by atoms with Crippen LogP contribution < -0.4 is 4.90 Å². The number of rotatable bonds is 2. The fourth-order valence-corrected chi connectivity index (χ4v) is 2.08. The van der Waals surface area contributed by atoms with Gasteiger partial charge in [0.05, 0.1) is 23.0 Å². The third-order valence-electron chi connectivity index (χ3n) is 3.08. The highest BCUT2D eigenvalue weighted by atomic mass is 35.5. The first-order valence-electron chi connectivity index (χ1n) is 5.41. The van der Waals surface area contributed by atoms with E-state index in [-0.39, 0.29) is 5.92 Å². The lowest BCUT2D eigenvalue weighted by molar-refractivity contribution is 0.0263. The molecule has 2 heterocycles. The zero-order valence-electron chi connectivity index (χ0n) is 9.52. The fourth-order valence-electron chi connectivity index (χ4n) is 1.99. The highest BCUT2D eigenvalue weighted by molar-refractivity contribution is 6.30. The predicted octanol–water partition coefficient (Wildman–Crippen LogP) is 1.73. The number of hydrogen-bond donors (Lipinski definition) is 1. The lowest BCUT2D eigenvalue weighted by Gasteiger charge is -2.25. The molecule has 0 bridgehead atoms. The van der Waals surface area contributed by atoms with Gasteiger partial charge in [-0.2, -0.15) is 0 Å². The molecule has 5 heteroatoms. The lowest BCUT2D eigenvalue weighted by atomic mass is 9.91. The average Bonchev–Trinajstić information content (AvgIpc) is 2.67. The van der Waals surface area contributed by atoms with Crippen molar-refractivity contribution in [1.82, 2.24) is 9.97 Å². The molecule has 1 N–H and O–H groups in total. The second kappa shape index (κ2) is 4.18. The van der Waals surface area contributed by atoms with Crippen LogP contribution in [-0.2, 0) is 0 Å². The standard InChI is InChI=1S/C11H16ClN3O/c1-11(2,16)8-3-4-15(7-8)10-13-5-9(12)6-14-10/h5-6,8,16H,3-4,7H2,1-2H3. The third-order valence-corrected chi connectivity index (χ3v) is 3.27. The van der Waals surface area contributed by atoms with Crippen LogP contribution in [-0.4, -0.2) is 33.8 Å². The van der Waals surface area contributed by atoms with Crippen LogP contribution >= 0.6 is 11.6 Å². The first kappa shape index (κ1) is 11.6. The highest BCUT2D eigenvalue weighted by Crippen LogP contribution is 2.28. The molecule has 0 radical (unpaired) electrons. The summed E-state index contributed by atoms with van der Waals surface area (Å²) >= 11 is 5.74. The van der Waals surface area contributed by atoms with Crippen molar-refractivity contribution in [2.24, 2.45) is 5.92 Å². The summed E-state index contributed by atoms with van der Waals surface area (Å²) in [6.45, 7) is 5.38. The molecule has 1 aromatic rings. The van der Waals surface area contributed by atoms with Crippen LogP contribution in [0.2, 0.25) is 5.02 Å². The minimum absolute atomic E-state index is 0.270. The van der Waals surface area contributed by atoms with Gasteiger partial charge in [-0.15, -0.1) is 0 Å². The minimum atomic E-state index is -0.638. The van der Waals surface area contributed by atoms with E-state index in [1.807, 2.05) is 13.8 Å². The van der Waals surface area contributed by atoms with E-state index in [2.05, 4.69) is 14.9 Å². The van der Waals surface area contributed by atoms with E-state index >= 15 is 0 Å². The maximum Gasteiger partial charge on any atom is 0.225 e. The summed E-state index contributed by atoms with van der Waals surface area (Å²) in [7, 11) is 0. The van der Waals surface area contributed by atoms with Crippen molar-refractivity contribution >= 4 is 17.5 Å². The first-order valence-corrected chi connectivity index (χ1v) is 5.79. The summed E-state index contributed by atoms with van der Waals surface area (Å²) in [6, 6.07) is 0. The first-order chi connectivity index (χ1) is 7.47. The van der Waals surface area contributed by atoms with Crippen molar-refractivity contribution in [3.63, 3.8) is 0 Å². The molecule has 1 aromatic heterocycles. The van der Waals surface area contributed by atoms with Gasteiger partial charge in [-0.05, 0) is 20.3 Å². The fraction of sp³-hybridized carbons (Fsp3) is 0.636. The predicted molar refractivity (Wildman–Crippen MR) is 63.7 cm³/mol. The molecule has 0 saturated carbocycles. The van der Waals surface area contributed by atoms with Gasteiger partial charge in [0.1, 0.15) is 0 Å². The molecule has 2 rings (SSSR count). The van der Waals surface area contributed by atoms with E-state index < -0.39 is 5.60 Å². The number of nitrogens with zero attached hydrogens (tertiary/aromatic N) is 3. The van der Waals surface area contributed by atoms with Crippen molar-refractivity contribution in [2.45, 2.75) is 25.9 Å². The number of anilines is 1. The van der Waals surface area contributed by atoms with E-state index in [9.17, 15) is 5.11 Å². The maximum absolute atomic E-state index is 9.94. The zero-order chi connectivity index (χ0) is 11.8. The van der Waals surface area contributed by atoms with Gasteiger partial charge < -0.3 is 10.0 Å². The van der Waals surface area contributed by atoms with Gasteiger partial charge >= 0.3 is 0 Å². The summed E-state index contributed by atoms with van der Waals surface area (Å²) in [6.07, 6.45) is 4.16.